The van der Waals surface area contributed by atoms with Gasteiger partial charge in [0.2, 0.25) is 0 Å². The highest BCUT2D eigenvalue weighted by Gasteiger charge is 2.18. The first kappa shape index (κ1) is 11.0. The molecule has 1 heterocycles. The molecule has 2 N–H and O–H groups in total. The van der Waals surface area contributed by atoms with Crippen LogP contribution in [0.3, 0.4) is 0 Å². The number of hydrogen-bond donors (Lipinski definition) is 2. The third-order valence-corrected chi connectivity index (χ3v) is 2.45. The first-order valence-corrected chi connectivity index (χ1v) is 5.32. The number of rotatable bonds is 5. The van der Waals surface area contributed by atoms with Crippen LogP contribution >= 0.6 is 0 Å². The van der Waals surface area contributed by atoms with Crippen LogP contribution in [0.1, 0.15) is 26.7 Å². The number of aliphatic hydroxyl groups excluding tert-OH is 1. The van der Waals surface area contributed by atoms with E-state index in [0.717, 1.165) is 32.6 Å². The summed E-state index contributed by atoms with van der Waals surface area (Å²) in [5, 5.41) is 12.7. The summed E-state index contributed by atoms with van der Waals surface area (Å²) in [5.41, 5.74) is 0. The van der Waals surface area contributed by atoms with Crippen LogP contribution in [-0.2, 0) is 0 Å². The highest BCUT2D eigenvalue weighted by molar-refractivity contribution is 4.74. The van der Waals surface area contributed by atoms with Gasteiger partial charge >= 0.3 is 0 Å². The number of hydrogen-bond acceptors (Lipinski definition) is 3. The molecule has 0 aromatic rings. The first-order chi connectivity index (χ1) is 6.18. The van der Waals surface area contributed by atoms with Gasteiger partial charge in [-0.25, -0.2) is 0 Å². The van der Waals surface area contributed by atoms with Gasteiger partial charge in [-0.2, -0.15) is 0 Å². The number of nitrogens with zero attached hydrogens (tertiary/aromatic N) is 1. The molecule has 3 heteroatoms. The topological polar surface area (TPSA) is 35.5 Å². The van der Waals surface area contributed by atoms with E-state index < -0.39 is 0 Å². The van der Waals surface area contributed by atoms with Crippen LogP contribution in [-0.4, -0.2) is 48.3 Å². The second kappa shape index (κ2) is 5.58. The van der Waals surface area contributed by atoms with E-state index in [0.29, 0.717) is 6.04 Å². The highest BCUT2D eigenvalue weighted by Crippen LogP contribution is 2.08. The molecule has 1 atom stereocenters. The maximum absolute atomic E-state index is 9.29. The Labute approximate surface area is 81.1 Å². The molecule has 1 rings (SSSR count). The molecule has 0 saturated carbocycles. The summed E-state index contributed by atoms with van der Waals surface area (Å²) < 4.78 is 0. The fraction of sp³-hybridized carbons (Fsp3) is 1.00. The van der Waals surface area contributed by atoms with Crippen molar-refractivity contribution in [3.8, 4) is 0 Å². The number of β-amino-alcohol motifs (C(OH)–C–C–N with tert-alkyl or cyclic N) is 1. The predicted octanol–water partition coefficient (Wildman–Crippen LogP) is 0.441. The Bertz CT molecular complexity index is 139. The van der Waals surface area contributed by atoms with E-state index in [2.05, 4.69) is 24.1 Å². The van der Waals surface area contributed by atoms with Gasteiger partial charge in [0.1, 0.15) is 0 Å². The molecule has 78 valence electrons. The van der Waals surface area contributed by atoms with Crippen molar-refractivity contribution in [3.63, 3.8) is 0 Å². The lowest BCUT2D eigenvalue weighted by molar-refractivity contribution is 0.176. The van der Waals surface area contributed by atoms with Gasteiger partial charge in [-0.1, -0.05) is 13.8 Å². The summed E-state index contributed by atoms with van der Waals surface area (Å²) in [6.45, 7) is 8.49. The lowest BCUT2D eigenvalue weighted by Crippen LogP contribution is -2.29. The van der Waals surface area contributed by atoms with Gasteiger partial charge in [-0.15, -0.1) is 0 Å². The summed E-state index contributed by atoms with van der Waals surface area (Å²) in [7, 11) is 0. The van der Waals surface area contributed by atoms with Crippen LogP contribution in [0.25, 0.3) is 0 Å². The van der Waals surface area contributed by atoms with Crippen molar-refractivity contribution in [2.45, 2.75) is 38.8 Å². The lowest BCUT2D eigenvalue weighted by Gasteiger charge is -2.15. The van der Waals surface area contributed by atoms with E-state index in [9.17, 15) is 5.11 Å². The third-order valence-electron chi connectivity index (χ3n) is 2.45. The van der Waals surface area contributed by atoms with Crippen molar-refractivity contribution in [2.24, 2.45) is 0 Å². The number of nitrogens with one attached hydrogen (secondary N) is 1. The SMILES string of the molecule is CC(C)NCCCN1CC[C@@H](O)C1. The Morgan fingerprint density at radius 1 is 1.54 bits per heavy atom. The average molecular weight is 186 g/mol. The highest BCUT2D eigenvalue weighted by atomic mass is 16.3. The molecule has 1 aliphatic heterocycles. The Morgan fingerprint density at radius 3 is 2.85 bits per heavy atom. The van der Waals surface area contributed by atoms with Crippen molar-refractivity contribution in [2.75, 3.05) is 26.2 Å². The lowest BCUT2D eigenvalue weighted by atomic mass is 10.3. The van der Waals surface area contributed by atoms with Crippen LogP contribution in [0.5, 0.6) is 0 Å². The van der Waals surface area contributed by atoms with Crippen LogP contribution in [0.4, 0.5) is 0 Å². The Balaban J connectivity index is 1.94. The summed E-state index contributed by atoms with van der Waals surface area (Å²) in [5.74, 6) is 0. The zero-order chi connectivity index (χ0) is 9.68. The summed E-state index contributed by atoms with van der Waals surface area (Å²) in [6.07, 6.45) is 2.07. The van der Waals surface area contributed by atoms with Crippen molar-refractivity contribution in [1.29, 1.82) is 0 Å². The van der Waals surface area contributed by atoms with Crippen LogP contribution in [0.15, 0.2) is 0 Å². The smallest absolute Gasteiger partial charge is 0.0679 e. The summed E-state index contributed by atoms with van der Waals surface area (Å²) in [6, 6.07) is 0.587. The third kappa shape index (κ3) is 4.60. The van der Waals surface area contributed by atoms with Crippen LogP contribution < -0.4 is 5.32 Å². The van der Waals surface area contributed by atoms with Gasteiger partial charge in [0.25, 0.3) is 0 Å². The Hall–Kier alpha value is -0.120. The first-order valence-electron chi connectivity index (χ1n) is 5.32. The van der Waals surface area contributed by atoms with Crippen LogP contribution in [0, 0.1) is 0 Å². The minimum Gasteiger partial charge on any atom is -0.392 e. The molecule has 0 bridgehead atoms. The molecule has 0 aliphatic carbocycles. The quantitative estimate of drug-likeness (QED) is 0.612. The maximum Gasteiger partial charge on any atom is 0.0679 e. The van der Waals surface area contributed by atoms with Crippen molar-refractivity contribution in [3.05, 3.63) is 0 Å². The van der Waals surface area contributed by atoms with Crippen molar-refractivity contribution < 1.29 is 5.11 Å². The maximum atomic E-state index is 9.29. The van der Waals surface area contributed by atoms with E-state index in [-0.39, 0.29) is 6.10 Å². The van der Waals surface area contributed by atoms with Gasteiger partial charge in [0.05, 0.1) is 6.10 Å². The molecule has 0 spiro atoms. The van der Waals surface area contributed by atoms with Gasteiger partial charge in [-0.05, 0) is 25.9 Å². The number of aliphatic hydroxyl groups is 1. The normalized spacial score (nSPS) is 24.5. The average Bonchev–Trinajstić information content (AvgIpc) is 2.45. The molecule has 3 nitrogen and oxygen atoms in total. The molecular formula is C10H22N2O. The zero-order valence-electron chi connectivity index (χ0n) is 8.79. The van der Waals surface area contributed by atoms with Gasteiger partial charge in [0.15, 0.2) is 0 Å². The van der Waals surface area contributed by atoms with Gasteiger partial charge in [0, 0.05) is 19.1 Å². The standard InChI is InChI=1S/C10H22N2O/c1-9(2)11-5-3-6-12-7-4-10(13)8-12/h9-11,13H,3-8H2,1-2H3/t10-/m1/s1. The predicted molar refractivity (Wildman–Crippen MR) is 54.8 cm³/mol. The molecule has 0 amide bonds. The van der Waals surface area contributed by atoms with E-state index in [1.54, 1.807) is 0 Å². The largest absolute Gasteiger partial charge is 0.392 e. The minimum absolute atomic E-state index is 0.0712. The van der Waals surface area contributed by atoms with Crippen molar-refractivity contribution >= 4 is 0 Å². The molecule has 0 aromatic heterocycles. The molecule has 0 aromatic carbocycles. The Morgan fingerprint density at radius 2 is 2.31 bits per heavy atom. The second-order valence-corrected chi connectivity index (χ2v) is 4.21. The van der Waals surface area contributed by atoms with E-state index in [4.69, 9.17) is 0 Å². The molecule has 1 fully saturated rings. The van der Waals surface area contributed by atoms with Gasteiger partial charge < -0.3 is 15.3 Å². The zero-order valence-corrected chi connectivity index (χ0v) is 8.79. The molecular weight excluding hydrogens is 164 g/mol. The fourth-order valence-electron chi connectivity index (χ4n) is 1.71. The fourth-order valence-corrected chi connectivity index (χ4v) is 1.71. The van der Waals surface area contributed by atoms with Crippen LogP contribution in [0.2, 0.25) is 0 Å². The molecule has 1 saturated heterocycles. The Kier molecular flexibility index (Phi) is 4.70. The van der Waals surface area contributed by atoms with Crippen molar-refractivity contribution in [1.82, 2.24) is 10.2 Å². The minimum atomic E-state index is -0.0712. The van der Waals surface area contributed by atoms with Gasteiger partial charge in [-0.3, -0.25) is 0 Å². The molecule has 0 radical (unpaired) electrons. The second-order valence-electron chi connectivity index (χ2n) is 4.21. The monoisotopic (exact) mass is 186 g/mol. The van der Waals surface area contributed by atoms with E-state index in [1.807, 2.05) is 0 Å². The van der Waals surface area contributed by atoms with E-state index in [1.165, 1.54) is 6.42 Å². The number of likely N-dealkylation sites (tertiary alicyclic amines) is 1. The molecule has 1 aliphatic rings. The molecule has 13 heavy (non-hydrogen) atoms. The molecule has 0 unspecified atom stereocenters. The summed E-state index contributed by atoms with van der Waals surface area (Å²) in [4.78, 5) is 2.34. The summed E-state index contributed by atoms with van der Waals surface area (Å²) >= 11 is 0. The van der Waals surface area contributed by atoms with E-state index >= 15 is 0 Å².